The van der Waals surface area contributed by atoms with Gasteiger partial charge in [0.25, 0.3) is 5.56 Å². The van der Waals surface area contributed by atoms with Gasteiger partial charge >= 0.3 is 0 Å². The number of aromatic nitrogens is 4. The molecule has 0 saturated carbocycles. The average Bonchev–Trinajstić information content (AvgIpc) is 2.86. The van der Waals surface area contributed by atoms with Gasteiger partial charge in [0, 0.05) is 7.11 Å². The first kappa shape index (κ1) is 14.2. The summed E-state index contributed by atoms with van der Waals surface area (Å²) in [5.41, 5.74) is -1.42. The van der Waals surface area contributed by atoms with E-state index in [0.717, 1.165) is 0 Å². The van der Waals surface area contributed by atoms with Crippen LogP contribution < -0.4 is 5.56 Å². The molecule has 0 bridgehead atoms. The van der Waals surface area contributed by atoms with Crippen molar-refractivity contribution < 1.29 is 14.9 Å². The van der Waals surface area contributed by atoms with E-state index < -0.39 is 18.3 Å². The highest BCUT2D eigenvalue weighted by Crippen LogP contribution is 2.17. The van der Waals surface area contributed by atoms with Gasteiger partial charge in [0.05, 0.1) is 25.8 Å². The van der Waals surface area contributed by atoms with Crippen molar-refractivity contribution >= 4 is 11.2 Å². The van der Waals surface area contributed by atoms with Crippen LogP contribution in [0.2, 0.25) is 0 Å². The zero-order valence-corrected chi connectivity index (χ0v) is 10.8. The summed E-state index contributed by atoms with van der Waals surface area (Å²) in [6.45, 7) is -0.562. The maximum Gasteiger partial charge on any atom is 0.278 e. The Hall–Kier alpha value is -2.21. The molecule has 2 atom stereocenters. The molecule has 2 aromatic rings. The van der Waals surface area contributed by atoms with Crippen LogP contribution >= 0.6 is 0 Å². The van der Waals surface area contributed by atoms with Crippen molar-refractivity contribution in [1.29, 1.82) is 0 Å². The summed E-state index contributed by atoms with van der Waals surface area (Å²) in [4.78, 5) is 21.8. The zero-order chi connectivity index (χ0) is 14.8. The largest absolute Gasteiger partial charge is 0.392 e. The van der Waals surface area contributed by atoms with Gasteiger partial charge < -0.3 is 24.5 Å². The zero-order valence-electron chi connectivity index (χ0n) is 10.8. The predicted octanol–water partition coefficient (Wildman–Crippen LogP) is -1.51. The van der Waals surface area contributed by atoms with Crippen LogP contribution in [-0.4, -0.2) is 55.2 Å². The number of aliphatic hydroxyl groups is 2. The molecule has 0 aliphatic rings. The molecule has 0 aliphatic heterocycles. The fourth-order valence-electron chi connectivity index (χ4n) is 1.87. The Morgan fingerprint density at radius 3 is 3.00 bits per heavy atom. The van der Waals surface area contributed by atoms with E-state index in [0.29, 0.717) is 5.65 Å². The van der Waals surface area contributed by atoms with Crippen LogP contribution in [0.3, 0.4) is 0 Å². The van der Waals surface area contributed by atoms with E-state index in [1.165, 1.54) is 24.3 Å². The molecule has 2 aromatic heterocycles. The standard InChI is InChI=1S/C12H14N4O4/c1-3-12(5-17,20-2)8(18)4-16-7-15-9-10(16)13-6-14-11(9)19/h1,6-8,17-18H,4-5H2,2H3,(H,13,14,19)/t8-,12?/m0/s1. The molecular formula is C12H14N4O4. The molecule has 0 radical (unpaired) electrons. The van der Waals surface area contributed by atoms with E-state index in [1.54, 1.807) is 0 Å². The number of hydrogen-bond donors (Lipinski definition) is 3. The predicted molar refractivity (Wildman–Crippen MR) is 69.8 cm³/mol. The lowest BCUT2D eigenvalue weighted by Crippen LogP contribution is -2.48. The van der Waals surface area contributed by atoms with Crippen molar-refractivity contribution in [3.8, 4) is 12.3 Å². The van der Waals surface area contributed by atoms with Crippen molar-refractivity contribution in [2.45, 2.75) is 18.2 Å². The Morgan fingerprint density at radius 1 is 1.65 bits per heavy atom. The van der Waals surface area contributed by atoms with Crippen molar-refractivity contribution in [3.63, 3.8) is 0 Å². The molecule has 0 amide bonds. The molecule has 8 heteroatoms. The summed E-state index contributed by atoms with van der Waals surface area (Å²) in [5, 5.41) is 19.5. The Labute approximate surface area is 114 Å². The number of nitrogens with one attached hydrogen (secondary N) is 1. The Balaban J connectivity index is 2.36. The SMILES string of the molecule is C#CC(CO)(OC)[C@@H](O)Cn1cnc2c(=O)[nH]cnc21. The summed E-state index contributed by atoms with van der Waals surface area (Å²) in [6, 6.07) is 0. The van der Waals surface area contributed by atoms with Crippen LogP contribution in [0.1, 0.15) is 0 Å². The monoisotopic (exact) mass is 278 g/mol. The molecule has 2 heterocycles. The fraction of sp³-hybridized carbons (Fsp3) is 0.417. The minimum Gasteiger partial charge on any atom is -0.392 e. The number of aromatic amines is 1. The van der Waals surface area contributed by atoms with Crippen LogP contribution in [0, 0.1) is 12.3 Å². The lowest BCUT2D eigenvalue weighted by atomic mass is 9.98. The number of H-pyrrole nitrogens is 1. The van der Waals surface area contributed by atoms with Crippen LogP contribution in [0.4, 0.5) is 0 Å². The van der Waals surface area contributed by atoms with Gasteiger partial charge in [-0.25, -0.2) is 9.97 Å². The normalized spacial score (nSPS) is 15.7. The number of hydrogen-bond acceptors (Lipinski definition) is 6. The van der Waals surface area contributed by atoms with Crippen LogP contribution in [0.25, 0.3) is 11.2 Å². The molecule has 8 nitrogen and oxygen atoms in total. The number of rotatable bonds is 5. The Kier molecular flexibility index (Phi) is 3.85. The van der Waals surface area contributed by atoms with Crippen molar-refractivity contribution in [1.82, 2.24) is 19.5 Å². The molecule has 2 rings (SSSR count). The third-order valence-corrected chi connectivity index (χ3v) is 3.16. The summed E-state index contributed by atoms with van der Waals surface area (Å²) in [7, 11) is 1.30. The lowest BCUT2D eigenvalue weighted by Gasteiger charge is -2.30. The second-order valence-electron chi connectivity index (χ2n) is 4.21. The van der Waals surface area contributed by atoms with Gasteiger partial charge in [-0.15, -0.1) is 6.42 Å². The highest BCUT2D eigenvalue weighted by atomic mass is 16.5. The number of ether oxygens (including phenoxy) is 1. The van der Waals surface area contributed by atoms with E-state index in [9.17, 15) is 15.0 Å². The molecule has 0 aliphatic carbocycles. The topological polar surface area (TPSA) is 113 Å². The lowest BCUT2D eigenvalue weighted by molar-refractivity contribution is -0.0947. The fourth-order valence-corrected chi connectivity index (χ4v) is 1.87. The van der Waals surface area contributed by atoms with E-state index in [1.807, 2.05) is 0 Å². The van der Waals surface area contributed by atoms with E-state index in [-0.39, 0.29) is 17.6 Å². The van der Waals surface area contributed by atoms with Gasteiger partial charge in [-0.1, -0.05) is 5.92 Å². The summed E-state index contributed by atoms with van der Waals surface area (Å²) >= 11 is 0. The van der Waals surface area contributed by atoms with Gasteiger partial charge in [0.15, 0.2) is 16.8 Å². The smallest absolute Gasteiger partial charge is 0.278 e. The third-order valence-electron chi connectivity index (χ3n) is 3.16. The molecule has 0 fully saturated rings. The van der Waals surface area contributed by atoms with Crippen LogP contribution in [0.5, 0.6) is 0 Å². The number of nitrogens with zero attached hydrogens (tertiary/aromatic N) is 3. The molecule has 3 N–H and O–H groups in total. The molecular weight excluding hydrogens is 264 g/mol. The van der Waals surface area contributed by atoms with Crippen LogP contribution in [0.15, 0.2) is 17.4 Å². The van der Waals surface area contributed by atoms with Gasteiger partial charge in [0.1, 0.15) is 6.10 Å². The second kappa shape index (κ2) is 5.42. The van der Waals surface area contributed by atoms with Gasteiger partial charge in [-0.3, -0.25) is 4.79 Å². The van der Waals surface area contributed by atoms with E-state index >= 15 is 0 Å². The first-order valence-corrected chi connectivity index (χ1v) is 5.78. The first-order chi connectivity index (χ1) is 9.57. The maximum atomic E-state index is 11.5. The number of terminal acetylenes is 1. The summed E-state index contributed by atoms with van der Waals surface area (Å²) in [5.74, 6) is 2.24. The Bertz CT molecular complexity index is 695. The average molecular weight is 278 g/mol. The highest BCUT2D eigenvalue weighted by Gasteiger charge is 2.36. The highest BCUT2D eigenvalue weighted by molar-refractivity contribution is 5.68. The van der Waals surface area contributed by atoms with Crippen molar-refractivity contribution in [2.24, 2.45) is 0 Å². The molecule has 106 valence electrons. The maximum absolute atomic E-state index is 11.5. The van der Waals surface area contributed by atoms with Gasteiger partial charge in [-0.05, 0) is 0 Å². The number of methoxy groups -OCH3 is 1. The van der Waals surface area contributed by atoms with Gasteiger partial charge in [0.2, 0.25) is 0 Å². The summed E-state index contributed by atoms with van der Waals surface area (Å²) in [6.07, 6.45) is 6.72. The molecule has 1 unspecified atom stereocenters. The van der Waals surface area contributed by atoms with Crippen LogP contribution in [-0.2, 0) is 11.3 Å². The number of imidazole rings is 1. The minimum absolute atomic E-state index is 0.0223. The van der Waals surface area contributed by atoms with Crippen molar-refractivity contribution in [2.75, 3.05) is 13.7 Å². The first-order valence-electron chi connectivity index (χ1n) is 5.78. The van der Waals surface area contributed by atoms with Gasteiger partial charge in [-0.2, -0.15) is 0 Å². The van der Waals surface area contributed by atoms with E-state index in [2.05, 4.69) is 20.9 Å². The number of fused-ring (bicyclic) bond motifs is 1. The second-order valence-corrected chi connectivity index (χ2v) is 4.21. The third kappa shape index (κ3) is 2.18. The molecule has 0 saturated heterocycles. The molecule has 0 aromatic carbocycles. The summed E-state index contributed by atoms with van der Waals surface area (Å²) < 4.78 is 6.49. The Morgan fingerprint density at radius 2 is 2.40 bits per heavy atom. The minimum atomic E-state index is -1.52. The van der Waals surface area contributed by atoms with Crippen molar-refractivity contribution in [3.05, 3.63) is 23.0 Å². The van der Waals surface area contributed by atoms with E-state index in [4.69, 9.17) is 11.2 Å². The quantitative estimate of drug-likeness (QED) is 0.573. The molecule has 20 heavy (non-hydrogen) atoms. The number of aliphatic hydroxyl groups excluding tert-OH is 2. The molecule has 0 spiro atoms.